The van der Waals surface area contributed by atoms with Gasteiger partial charge in [0.25, 0.3) is 0 Å². The highest BCUT2D eigenvalue weighted by molar-refractivity contribution is 5.44. The molecule has 0 radical (unpaired) electrons. The predicted octanol–water partition coefficient (Wildman–Crippen LogP) is 2.86. The number of rotatable bonds is 3. The van der Waals surface area contributed by atoms with Gasteiger partial charge in [0.1, 0.15) is 29.8 Å². The molecule has 90 valence electrons. The summed E-state index contributed by atoms with van der Waals surface area (Å²) in [5.41, 5.74) is 7.06. The number of nitrogen functional groups attached to an aromatic ring is 1. The normalized spacial score (nSPS) is 9.78. The first-order valence-electron chi connectivity index (χ1n) is 5.36. The van der Waals surface area contributed by atoms with Gasteiger partial charge >= 0.3 is 0 Å². The molecule has 0 heterocycles. The summed E-state index contributed by atoms with van der Waals surface area (Å²) in [4.78, 5) is 0. The van der Waals surface area contributed by atoms with E-state index < -0.39 is 5.82 Å². The van der Waals surface area contributed by atoms with Crippen LogP contribution in [0.25, 0.3) is 0 Å². The van der Waals surface area contributed by atoms with Crippen molar-refractivity contribution >= 4 is 5.69 Å². The highest BCUT2D eigenvalue weighted by atomic mass is 19.1. The zero-order valence-corrected chi connectivity index (χ0v) is 9.56. The van der Waals surface area contributed by atoms with E-state index in [1.54, 1.807) is 24.3 Å². The van der Waals surface area contributed by atoms with Crippen molar-refractivity contribution in [3.63, 3.8) is 0 Å². The van der Waals surface area contributed by atoms with E-state index in [-0.39, 0.29) is 17.9 Å². The topological polar surface area (TPSA) is 59.0 Å². The molecule has 4 heteroatoms. The second-order valence-corrected chi connectivity index (χ2v) is 3.76. The minimum Gasteiger partial charge on any atom is -0.487 e. The second-order valence-electron chi connectivity index (χ2n) is 3.76. The van der Waals surface area contributed by atoms with E-state index in [1.807, 2.05) is 12.1 Å². The number of halogens is 1. The van der Waals surface area contributed by atoms with Crippen molar-refractivity contribution in [2.24, 2.45) is 0 Å². The van der Waals surface area contributed by atoms with Crippen molar-refractivity contribution < 1.29 is 9.13 Å². The molecule has 0 aliphatic carbocycles. The molecular formula is C14H11FN2O. The van der Waals surface area contributed by atoms with E-state index in [4.69, 9.17) is 15.7 Å². The summed E-state index contributed by atoms with van der Waals surface area (Å²) in [6, 6.07) is 13.3. The van der Waals surface area contributed by atoms with Crippen molar-refractivity contribution in [2.45, 2.75) is 6.61 Å². The number of anilines is 1. The lowest BCUT2D eigenvalue weighted by Gasteiger charge is -2.08. The third kappa shape index (κ3) is 2.58. The first-order valence-corrected chi connectivity index (χ1v) is 5.36. The lowest BCUT2D eigenvalue weighted by molar-refractivity contribution is 0.303. The first-order chi connectivity index (χ1) is 8.70. The standard InChI is InChI=1S/C14H11FN2O/c15-13-5-2-6-14(12(13)8-16)18-9-10-3-1-4-11(17)7-10/h1-7H,9,17H2. The Bertz CT molecular complexity index is 605. The maximum absolute atomic E-state index is 13.3. The lowest BCUT2D eigenvalue weighted by atomic mass is 10.2. The van der Waals surface area contributed by atoms with E-state index in [0.717, 1.165) is 5.56 Å². The van der Waals surface area contributed by atoms with Gasteiger partial charge in [0.05, 0.1) is 0 Å². The molecule has 0 atom stereocenters. The fraction of sp³-hybridized carbons (Fsp3) is 0.0714. The Hall–Kier alpha value is -2.54. The number of ether oxygens (including phenoxy) is 1. The number of hydrogen-bond donors (Lipinski definition) is 1. The van der Waals surface area contributed by atoms with Crippen molar-refractivity contribution in [1.29, 1.82) is 5.26 Å². The molecule has 2 aromatic rings. The Morgan fingerprint density at radius 3 is 2.72 bits per heavy atom. The summed E-state index contributed by atoms with van der Waals surface area (Å²) in [5.74, 6) is -0.345. The fourth-order valence-electron chi connectivity index (χ4n) is 1.58. The van der Waals surface area contributed by atoms with Crippen LogP contribution in [0.15, 0.2) is 42.5 Å². The largest absolute Gasteiger partial charge is 0.487 e. The van der Waals surface area contributed by atoms with Crippen LogP contribution in [-0.2, 0) is 6.61 Å². The average Bonchev–Trinajstić information content (AvgIpc) is 2.36. The van der Waals surface area contributed by atoms with Gasteiger partial charge in [-0.05, 0) is 29.8 Å². The molecular weight excluding hydrogens is 231 g/mol. The molecule has 0 saturated carbocycles. The van der Waals surface area contributed by atoms with Gasteiger partial charge in [-0.15, -0.1) is 0 Å². The molecule has 0 unspecified atom stereocenters. The quantitative estimate of drug-likeness (QED) is 0.842. The van der Waals surface area contributed by atoms with E-state index in [9.17, 15) is 4.39 Å². The van der Waals surface area contributed by atoms with Gasteiger partial charge in [0, 0.05) is 5.69 Å². The third-order valence-electron chi connectivity index (χ3n) is 2.43. The summed E-state index contributed by atoms with van der Waals surface area (Å²) >= 11 is 0. The van der Waals surface area contributed by atoms with E-state index in [1.165, 1.54) is 12.1 Å². The number of nitriles is 1. The summed E-state index contributed by atoms with van der Waals surface area (Å²) in [6.45, 7) is 0.239. The molecule has 0 saturated heterocycles. The maximum atomic E-state index is 13.3. The van der Waals surface area contributed by atoms with Crippen LogP contribution >= 0.6 is 0 Å². The number of nitrogens with two attached hydrogens (primary N) is 1. The fourth-order valence-corrected chi connectivity index (χ4v) is 1.58. The van der Waals surface area contributed by atoms with Crippen LogP contribution in [0.3, 0.4) is 0 Å². The van der Waals surface area contributed by atoms with Crippen LogP contribution in [0.1, 0.15) is 11.1 Å². The van der Waals surface area contributed by atoms with Crippen LogP contribution in [-0.4, -0.2) is 0 Å². The number of benzene rings is 2. The van der Waals surface area contributed by atoms with Gasteiger partial charge < -0.3 is 10.5 Å². The lowest BCUT2D eigenvalue weighted by Crippen LogP contribution is -1.99. The average molecular weight is 242 g/mol. The van der Waals surface area contributed by atoms with E-state index in [2.05, 4.69) is 0 Å². The first kappa shape index (κ1) is 11.9. The molecule has 3 nitrogen and oxygen atoms in total. The van der Waals surface area contributed by atoms with Gasteiger partial charge in [0.15, 0.2) is 0 Å². The minimum atomic E-state index is -0.581. The molecule has 2 aromatic carbocycles. The molecule has 0 spiro atoms. The van der Waals surface area contributed by atoms with Crippen molar-refractivity contribution in [3.8, 4) is 11.8 Å². The third-order valence-corrected chi connectivity index (χ3v) is 2.43. The summed E-state index contributed by atoms with van der Waals surface area (Å²) < 4.78 is 18.7. The van der Waals surface area contributed by atoms with Gasteiger partial charge in [-0.25, -0.2) is 4.39 Å². The molecule has 0 bridgehead atoms. The van der Waals surface area contributed by atoms with Crippen LogP contribution < -0.4 is 10.5 Å². The summed E-state index contributed by atoms with van der Waals surface area (Å²) in [6.07, 6.45) is 0. The molecule has 0 amide bonds. The van der Waals surface area contributed by atoms with Gasteiger partial charge in [-0.2, -0.15) is 5.26 Å². The van der Waals surface area contributed by atoms with Gasteiger partial charge in [-0.3, -0.25) is 0 Å². The van der Waals surface area contributed by atoms with Gasteiger partial charge in [0.2, 0.25) is 0 Å². The van der Waals surface area contributed by atoms with E-state index >= 15 is 0 Å². The Labute approximate surface area is 104 Å². The van der Waals surface area contributed by atoms with Crippen molar-refractivity contribution in [2.75, 3.05) is 5.73 Å². The Morgan fingerprint density at radius 1 is 1.22 bits per heavy atom. The van der Waals surface area contributed by atoms with Crippen LogP contribution in [0.2, 0.25) is 0 Å². The maximum Gasteiger partial charge on any atom is 0.144 e. The summed E-state index contributed by atoms with van der Waals surface area (Å²) in [7, 11) is 0. The molecule has 0 fully saturated rings. The zero-order chi connectivity index (χ0) is 13.0. The van der Waals surface area contributed by atoms with Crippen LogP contribution in [0.5, 0.6) is 5.75 Å². The number of hydrogen-bond acceptors (Lipinski definition) is 3. The number of nitrogens with zero attached hydrogens (tertiary/aromatic N) is 1. The highest BCUT2D eigenvalue weighted by Crippen LogP contribution is 2.21. The Kier molecular flexibility index (Phi) is 3.44. The molecule has 0 aliphatic heterocycles. The Balaban J connectivity index is 2.16. The molecule has 2 rings (SSSR count). The van der Waals surface area contributed by atoms with E-state index in [0.29, 0.717) is 5.69 Å². The SMILES string of the molecule is N#Cc1c(F)cccc1OCc1cccc(N)c1. The Morgan fingerprint density at radius 2 is 2.00 bits per heavy atom. The molecule has 0 aliphatic rings. The van der Waals surface area contributed by atoms with Crippen LogP contribution in [0, 0.1) is 17.1 Å². The highest BCUT2D eigenvalue weighted by Gasteiger charge is 2.08. The minimum absolute atomic E-state index is 0.0820. The zero-order valence-electron chi connectivity index (χ0n) is 9.56. The predicted molar refractivity (Wildman–Crippen MR) is 66.3 cm³/mol. The monoisotopic (exact) mass is 242 g/mol. The molecule has 18 heavy (non-hydrogen) atoms. The smallest absolute Gasteiger partial charge is 0.144 e. The van der Waals surface area contributed by atoms with Crippen molar-refractivity contribution in [3.05, 3.63) is 59.4 Å². The second kappa shape index (κ2) is 5.19. The van der Waals surface area contributed by atoms with Gasteiger partial charge in [-0.1, -0.05) is 18.2 Å². The molecule has 2 N–H and O–H groups in total. The summed E-state index contributed by atoms with van der Waals surface area (Å²) in [5, 5.41) is 8.85. The van der Waals surface area contributed by atoms with Crippen LogP contribution in [0.4, 0.5) is 10.1 Å². The van der Waals surface area contributed by atoms with Crippen molar-refractivity contribution in [1.82, 2.24) is 0 Å². The molecule has 0 aromatic heterocycles.